The van der Waals surface area contributed by atoms with Gasteiger partial charge in [0.05, 0.1) is 6.61 Å². The van der Waals surface area contributed by atoms with E-state index in [1.54, 1.807) is 11.0 Å². The summed E-state index contributed by atoms with van der Waals surface area (Å²) in [5, 5.41) is 8.85. The van der Waals surface area contributed by atoms with E-state index in [2.05, 4.69) is 6.58 Å². The van der Waals surface area contributed by atoms with Crippen molar-refractivity contribution in [3.05, 3.63) is 12.7 Å². The summed E-state index contributed by atoms with van der Waals surface area (Å²) in [6.45, 7) is 10.4. The van der Waals surface area contributed by atoms with Gasteiger partial charge < -0.3 is 15.7 Å². The van der Waals surface area contributed by atoms with Gasteiger partial charge in [-0.25, -0.2) is 0 Å². The summed E-state index contributed by atoms with van der Waals surface area (Å²) in [6, 6.07) is -0.175. The van der Waals surface area contributed by atoms with Gasteiger partial charge in [0.15, 0.2) is 0 Å². The van der Waals surface area contributed by atoms with Crippen LogP contribution in [0.15, 0.2) is 12.7 Å². The number of nitrogens with zero attached hydrogens (tertiary/aromatic N) is 1. The highest BCUT2D eigenvalue weighted by Crippen LogP contribution is 2.20. The Hall–Kier alpha value is -0.870. The second kappa shape index (κ2) is 6.66. The van der Waals surface area contributed by atoms with Crippen molar-refractivity contribution in [2.45, 2.75) is 33.2 Å². The van der Waals surface area contributed by atoms with Gasteiger partial charge in [-0.2, -0.15) is 0 Å². The van der Waals surface area contributed by atoms with Crippen LogP contribution in [-0.2, 0) is 4.79 Å². The van der Waals surface area contributed by atoms with Gasteiger partial charge in [-0.15, -0.1) is 6.58 Å². The first-order valence-electron chi connectivity index (χ1n) is 5.58. The molecule has 3 N–H and O–H groups in total. The maximum atomic E-state index is 11.9. The van der Waals surface area contributed by atoms with E-state index in [0.717, 1.165) is 0 Å². The van der Waals surface area contributed by atoms with Crippen molar-refractivity contribution in [2.24, 2.45) is 11.1 Å². The molecule has 0 heterocycles. The molecular formula is C12H24N2O2. The molecule has 0 radical (unpaired) electrons. The Labute approximate surface area is 98.1 Å². The van der Waals surface area contributed by atoms with Crippen LogP contribution in [0.4, 0.5) is 0 Å². The van der Waals surface area contributed by atoms with Gasteiger partial charge in [0.1, 0.15) is 0 Å². The van der Waals surface area contributed by atoms with Crippen molar-refractivity contribution < 1.29 is 9.90 Å². The zero-order valence-electron chi connectivity index (χ0n) is 10.6. The first-order chi connectivity index (χ1) is 7.32. The summed E-state index contributed by atoms with van der Waals surface area (Å²) in [7, 11) is 0. The molecular weight excluding hydrogens is 204 g/mol. The third-order valence-corrected chi connectivity index (χ3v) is 2.58. The fourth-order valence-electron chi connectivity index (χ4n) is 1.22. The molecule has 0 aliphatic rings. The number of amides is 1. The summed E-state index contributed by atoms with van der Waals surface area (Å²) >= 11 is 0. The zero-order chi connectivity index (χ0) is 12.8. The smallest absolute Gasteiger partial charge is 0.224 e. The largest absolute Gasteiger partial charge is 0.395 e. The van der Waals surface area contributed by atoms with Crippen LogP contribution in [-0.4, -0.2) is 41.7 Å². The topological polar surface area (TPSA) is 66.6 Å². The highest BCUT2D eigenvalue weighted by molar-refractivity contribution is 5.77. The number of rotatable bonds is 6. The molecule has 0 rings (SSSR count). The molecule has 1 unspecified atom stereocenters. The van der Waals surface area contributed by atoms with Crippen LogP contribution in [0.3, 0.4) is 0 Å². The van der Waals surface area contributed by atoms with Gasteiger partial charge in [-0.1, -0.05) is 26.8 Å². The minimum absolute atomic E-state index is 0.0311. The quantitative estimate of drug-likeness (QED) is 0.659. The minimum atomic E-state index is -0.175. The predicted molar refractivity (Wildman–Crippen MR) is 65.9 cm³/mol. The summed E-state index contributed by atoms with van der Waals surface area (Å²) in [5.74, 6) is -0.0311. The highest BCUT2D eigenvalue weighted by atomic mass is 16.3. The van der Waals surface area contributed by atoms with E-state index in [9.17, 15) is 4.79 Å². The van der Waals surface area contributed by atoms with Gasteiger partial charge in [-0.05, 0) is 5.41 Å². The van der Waals surface area contributed by atoms with Crippen LogP contribution in [0.2, 0.25) is 0 Å². The lowest BCUT2D eigenvalue weighted by molar-refractivity contribution is -0.132. The van der Waals surface area contributed by atoms with E-state index in [4.69, 9.17) is 10.8 Å². The molecule has 1 atom stereocenters. The lowest BCUT2D eigenvalue weighted by atomic mass is 9.85. The van der Waals surface area contributed by atoms with Gasteiger partial charge in [0.25, 0.3) is 0 Å². The minimum Gasteiger partial charge on any atom is -0.395 e. The predicted octanol–water partition coefficient (Wildman–Crippen LogP) is 0.757. The number of carbonyl (C=O) groups is 1. The molecule has 4 heteroatoms. The molecule has 0 aliphatic heterocycles. The zero-order valence-corrected chi connectivity index (χ0v) is 10.6. The van der Waals surface area contributed by atoms with Crippen molar-refractivity contribution in [3.8, 4) is 0 Å². The Morgan fingerprint density at radius 1 is 1.56 bits per heavy atom. The molecule has 1 amide bonds. The van der Waals surface area contributed by atoms with Crippen LogP contribution >= 0.6 is 0 Å². The second-order valence-electron chi connectivity index (χ2n) is 5.03. The van der Waals surface area contributed by atoms with Crippen molar-refractivity contribution in [3.63, 3.8) is 0 Å². The van der Waals surface area contributed by atoms with Crippen molar-refractivity contribution in [1.29, 1.82) is 0 Å². The summed E-state index contributed by atoms with van der Waals surface area (Å²) in [6.07, 6.45) is 1.95. The Kier molecular flexibility index (Phi) is 6.29. The van der Waals surface area contributed by atoms with Gasteiger partial charge >= 0.3 is 0 Å². The first kappa shape index (κ1) is 15.1. The number of aliphatic hydroxyl groups excluding tert-OH is 1. The highest BCUT2D eigenvalue weighted by Gasteiger charge is 2.25. The average Bonchev–Trinajstić information content (AvgIpc) is 2.15. The van der Waals surface area contributed by atoms with E-state index in [0.29, 0.717) is 19.5 Å². The van der Waals surface area contributed by atoms with Crippen LogP contribution in [0, 0.1) is 5.41 Å². The van der Waals surface area contributed by atoms with Gasteiger partial charge in [-0.3, -0.25) is 4.79 Å². The lowest BCUT2D eigenvalue weighted by Gasteiger charge is -2.29. The second-order valence-corrected chi connectivity index (χ2v) is 5.03. The van der Waals surface area contributed by atoms with Crippen molar-refractivity contribution in [2.75, 3.05) is 19.7 Å². The van der Waals surface area contributed by atoms with Crippen LogP contribution < -0.4 is 5.73 Å². The van der Waals surface area contributed by atoms with E-state index >= 15 is 0 Å². The maximum Gasteiger partial charge on any atom is 0.224 e. The van der Waals surface area contributed by atoms with E-state index in [-0.39, 0.29) is 24.0 Å². The maximum absolute atomic E-state index is 11.9. The Morgan fingerprint density at radius 3 is 2.50 bits per heavy atom. The summed E-state index contributed by atoms with van der Waals surface area (Å²) in [5.41, 5.74) is 5.86. The Bertz CT molecular complexity index is 234. The molecule has 0 aromatic heterocycles. The Morgan fingerprint density at radius 2 is 2.12 bits per heavy atom. The summed E-state index contributed by atoms with van der Waals surface area (Å²) in [4.78, 5) is 13.4. The number of hydrogen-bond donors (Lipinski definition) is 2. The first-order valence-corrected chi connectivity index (χ1v) is 5.58. The molecule has 0 bridgehead atoms. The normalized spacial score (nSPS) is 13.3. The Balaban J connectivity index is 4.35. The fourth-order valence-corrected chi connectivity index (χ4v) is 1.22. The van der Waals surface area contributed by atoms with Crippen LogP contribution in [0.25, 0.3) is 0 Å². The molecule has 0 aliphatic carbocycles. The molecule has 0 fully saturated rings. The third kappa shape index (κ3) is 5.28. The molecule has 0 spiro atoms. The van der Waals surface area contributed by atoms with Crippen molar-refractivity contribution >= 4 is 5.91 Å². The molecule has 16 heavy (non-hydrogen) atoms. The average molecular weight is 228 g/mol. The van der Waals surface area contributed by atoms with E-state index in [1.807, 2.05) is 20.8 Å². The monoisotopic (exact) mass is 228 g/mol. The lowest BCUT2D eigenvalue weighted by Crippen LogP contribution is -2.42. The standard InChI is InChI=1S/C12H24N2O2/c1-5-6-14(7-8-15)11(16)9-10(13)12(2,3)4/h5,10,15H,1,6-9,13H2,2-4H3. The van der Waals surface area contributed by atoms with Gasteiger partial charge in [0.2, 0.25) is 5.91 Å². The van der Waals surface area contributed by atoms with E-state index < -0.39 is 0 Å². The molecule has 0 saturated carbocycles. The van der Waals surface area contributed by atoms with E-state index in [1.165, 1.54) is 0 Å². The molecule has 0 aromatic carbocycles. The molecule has 4 nitrogen and oxygen atoms in total. The number of hydrogen-bond acceptors (Lipinski definition) is 3. The number of aliphatic hydroxyl groups is 1. The summed E-state index contributed by atoms with van der Waals surface area (Å²) < 4.78 is 0. The third-order valence-electron chi connectivity index (χ3n) is 2.58. The van der Waals surface area contributed by atoms with Gasteiger partial charge in [0, 0.05) is 25.6 Å². The number of carbonyl (C=O) groups excluding carboxylic acids is 1. The van der Waals surface area contributed by atoms with Crippen LogP contribution in [0.1, 0.15) is 27.2 Å². The molecule has 0 saturated heterocycles. The van der Waals surface area contributed by atoms with Crippen molar-refractivity contribution in [1.82, 2.24) is 4.90 Å². The fraction of sp³-hybridized carbons (Fsp3) is 0.750. The van der Waals surface area contributed by atoms with Crippen LogP contribution in [0.5, 0.6) is 0 Å². The molecule has 0 aromatic rings. The number of nitrogens with two attached hydrogens (primary N) is 1. The SMILES string of the molecule is C=CCN(CCO)C(=O)CC(N)C(C)(C)C. The molecule has 94 valence electrons.